The fourth-order valence-corrected chi connectivity index (χ4v) is 14.9. The number of hydrogen-bond donors (Lipinski definition) is 0. The smallest absolute Gasteiger partial charge is 0.256 e. The van der Waals surface area contributed by atoms with E-state index in [9.17, 15) is 0 Å². The van der Waals surface area contributed by atoms with Gasteiger partial charge in [0.15, 0.2) is 0 Å². The summed E-state index contributed by atoms with van der Waals surface area (Å²) in [6.07, 6.45) is 0. The Balaban J connectivity index is 0.893. The van der Waals surface area contributed by atoms with Gasteiger partial charge in [0.05, 0.1) is 0 Å². The van der Waals surface area contributed by atoms with Gasteiger partial charge in [-0.15, -0.1) is 0 Å². The zero-order valence-corrected chi connectivity index (χ0v) is 43.5. The summed E-state index contributed by atoms with van der Waals surface area (Å²) in [5, 5.41) is 6.77. The molecular formula is C72H42B3N3O3. The van der Waals surface area contributed by atoms with E-state index in [0.29, 0.717) is 0 Å². The summed E-state index contributed by atoms with van der Waals surface area (Å²) >= 11 is 0. The maximum atomic E-state index is 7.28. The Morgan fingerprint density at radius 1 is 0.210 bits per heavy atom. The van der Waals surface area contributed by atoms with Crippen LogP contribution in [-0.2, 0) is 0 Å². The standard InChI is InChI=1S/C72H42B3N3O3/c1-4-19-43(20-5-1)76-58-28-13-10-25-52(58)73-55-37-46-49(40-67(55)79-64-34-16-31-61(76)70(64)73)47-38-56-69(81-66-36-18-33-63-72(66)74(56)53-26-11-14-29-59(53)77(63)44-21-6-2-7-22-44)42-51(47)48-39-57-68(41-50(46)48)80-65-35-17-32-62-71(65)75(57)54-27-12-15-30-60(54)78(62)45-23-8-3-9-24-45/h1-42H. The number of anilines is 9. The highest BCUT2D eigenvalue weighted by atomic mass is 16.5. The number of hydrogen-bond acceptors (Lipinski definition) is 6. The Hall–Kier alpha value is -10.4. The molecule has 0 spiro atoms. The summed E-state index contributed by atoms with van der Waals surface area (Å²) < 4.78 is 21.9. The number of nitrogens with zero attached hydrogens (tertiary/aromatic N) is 3. The van der Waals surface area contributed by atoms with Gasteiger partial charge >= 0.3 is 0 Å². The number of rotatable bonds is 3. The molecule has 6 aliphatic rings. The van der Waals surface area contributed by atoms with Crippen LogP contribution in [0.15, 0.2) is 255 Å². The van der Waals surface area contributed by atoms with Crippen molar-refractivity contribution in [1.29, 1.82) is 0 Å². The van der Waals surface area contributed by atoms with Gasteiger partial charge in [0, 0.05) is 51.2 Å². The van der Waals surface area contributed by atoms with Crippen molar-refractivity contribution in [3.63, 3.8) is 0 Å². The van der Waals surface area contributed by atoms with Crippen molar-refractivity contribution in [1.82, 2.24) is 0 Å². The van der Waals surface area contributed by atoms with Gasteiger partial charge in [-0.1, -0.05) is 146 Å². The van der Waals surface area contributed by atoms with Gasteiger partial charge in [-0.3, -0.25) is 0 Å². The minimum Gasteiger partial charge on any atom is -0.458 e. The van der Waals surface area contributed by atoms with E-state index < -0.39 is 0 Å². The molecule has 0 fully saturated rings. The molecule has 81 heavy (non-hydrogen) atoms. The molecule has 0 unspecified atom stereocenters. The minimum atomic E-state index is -0.0881. The van der Waals surface area contributed by atoms with Crippen molar-refractivity contribution in [3.05, 3.63) is 255 Å². The number of ether oxygens (including phenoxy) is 3. The Labute approximate surface area is 468 Å². The molecule has 13 aromatic rings. The SMILES string of the molecule is c1ccc(N2c3ccccc3B3c4cc5c6cc7c(cc6c6cc8c(cc6c5cc4Oc4cccc2c43)B2c3ccccc3N(c3ccccc3)c3cccc(c32)O8)B2c3ccccc3N(c3ccccc3)c3cccc(c32)O7)cc1. The zero-order chi connectivity index (χ0) is 52.6. The molecule has 13 aromatic carbocycles. The minimum absolute atomic E-state index is 0.0881. The Morgan fingerprint density at radius 3 is 0.778 bits per heavy atom. The van der Waals surface area contributed by atoms with E-state index in [1.165, 1.54) is 49.8 Å². The van der Waals surface area contributed by atoms with Crippen LogP contribution in [0.4, 0.5) is 51.2 Å². The van der Waals surface area contributed by atoms with Gasteiger partial charge in [-0.2, -0.15) is 0 Å². The van der Waals surface area contributed by atoms with Crippen molar-refractivity contribution in [3.8, 4) is 34.5 Å². The molecule has 372 valence electrons. The molecule has 0 aliphatic carbocycles. The monoisotopic (exact) mass is 1030 g/mol. The fourth-order valence-electron chi connectivity index (χ4n) is 14.9. The predicted molar refractivity (Wildman–Crippen MR) is 337 cm³/mol. The van der Waals surface area contributed by atoms with Crippen molar-refractivity contribution in [2.75, 3.05) is 14.7 Å². The molecule has 0 aromatic heterocycles. The van der Waals surface area contributed by atoms with Crippen molar-refractivity contribution in [2.24, 2.45) is 0 Å². The van der Waals surface area contributed by atoms with Crippen molar-refractivity contribution < 1.29 is 14.2 Å². The Kier molecular flexibility index (Phi) is 8.68. The van der Waals surface area contributed by atoms with Crippen LogP contribution in [0, 0.1) is 0 Å². The second-order valence-electron chi connectivity index (χ2n) is 22.2. The van der Waals surface area contributed by atoms with Crippen molar-refractivity contribution in [2.45, 2.75) is 0 Å². The third kappa shape index (κ3) is 5.89. The van der Waals surface area contributed by atoms with Crippen molar-refractivity contribution >= 4 is 153 Å². The largest absolute Gasteiger partial charge is 0.458 e. The van der Waals surface area contributed by atoms with E-state index in [0.717, 1.165) is 117 Å². The van der Waals surface area contributed by atoms with E-state index in [-0.39, 0.29) is 20.1 Å². The first-order chi connectivity index (χ1) is 40.2. The van der Waals surface area contributed by atoms with Crippen LogP contribution in [0.25, 0.3) is 32.3 Å². The molecule has 0 N–H and O–H groups in total. The van der Waals surface area contributed by atoms with Crippen LogP contribution < -0.4 is 78.1 Å². The molecule has 0 atom stereocenters. The quantitative estimate of drug-likeness (QED) is 0.130. The van der Waals surface area contributed by atoms with Crippen LogP contribution in [-0.4, -0.2) is 20.1 Å². The molecule has 6 heterocycles. The van der Waals surface area contributed by atoms with Gasteiger partial charge in [-0.25, -0.2) is 0 Å². The lowest BCUT2D eigenvalue weighted by molar-refractivity contribution is 0.488. The maximum Gasteiger partial charge on any atom is 0.256 e. The molecule has 0 radical (unpaired) electrons. The van der Waals surface area contributed by atoms with Crippen LogP contribution in [0.5, 0.6) is 34.5 Å². The highest BCUT2D eigenvalue weighted by Gasteiger charge is 2.46. The topological polar surface area (TPSA) is 37.4 Å². The third-order valence-electron chi connectivity index (χ3n) is 18.1. The van der Waals surface area contributed by atoms with E-state index in [2.05, 4.69) is 269 Å². The summed E-state index contributed by atoms with van der Waals surface area (Å²) in [5.74, 6) is 5.21. The molecule has 0 bridgehead atoms. The first-order valence-electron chi connectivity index (χ1n) is 28.0. The molecule has 0 amide bonds. The van der Waals surface area contributed by atoms with E-state index in [1.807, 2.05) is 0 Å². The second kappa shape index (κ2) is 16.1. The van der Waals surface area contributed by atoms with E-state index in [1.54, 1.807) is 0 Å². The molecular weight excluding hydrogens is 987 g/mol. The highest BCUT2D eigenvalue weighted by molar-refractivity contribution is 7.01. The average Bonchev–Trinajstić information content (AvgIpc) is 3.40. The third-order valence-corrected chi connectivity index (χ3v) is 18.1. The number of para-hydroxylation sites is 6. The first-order valence-corrected chi connectivity index (χ1v) is 28.0. The summed E-state index contributed by atoms with van der Waals surface area (Å²) in [4.78, 5) is 7.20. The zero-order valence-electron chi connectivity index (χ0n) is 43.5. The lowest BCUT2D eigenvalue weighted by Gasteiger charge is -2.40. The highest BCUT2D eigenvalue weighted by Crippen LogP contribution is 2.48. The Morgan fingerprint density at radius 2 is 0.469 bits per heavy atom. The molecule has 9 heteroatoms. The van der Waals surface area contributed by atoms with Gasteiger partial charge in [0.1, 0.15) is 34.5 Å². The first kappa shape index (κ1) is 43.6. The number of benzene rings is 13. The normalized spacial score (nSPS) is 14.1. The summed E-state index contributed by atoms with van der Waals surface area (Å²) in [6, 6.07) is 92.9. The summed E-state index contributed by atoms with van der Waals surface area (Å²) in [7, 11) is 0. The lowest BCUT2D eigenvalue weighted by Crippen LogP contribution is -2.59. The fraction of sp³-hybridized carbons (Fsp3) is 0. The molecule has 19 rings (SSSR count). The average molecular weight is 1030 g/mol. The van der Waals surface area contributed by atoms with Gasteiger partial charge in [-0.05, 0) is 191 Å². The van der Waals surface area contributed by atoms with Crippen LogP contribution >= 0.6 is 0 Å². The summed E-state index contributed by atoms with van der Waals surface area (Å²) in [5.41, 5.74) is 20.9. The summed E-state index contributed by atoms with van der Waals surface area (Å²) in [6.45, 7) is -0.264. The van der Waals surface area contributed by atoms with Gasteiger partial charge < -0.3 is 28.9 Å². The lowest BCUT2D eigenvalue weighted by atomic mass is 9.33. The number of fused-ring (bicyclic) bond motifs is 18. The van der Waals surface area contributed by atoms with E-state index >= 15 is 0 Å². The maximum absolute atomic E-state index is 7.28. The second-order valence-corrected chi connectivity index (χ2v) is 22.2. The van der Waals surface area contributed by atoms with Gasteiger partial charge in [0.2, 0.25) is 0 Å². The molecule has 0 saturated carbocycles. The molecule has 0 saturated heterocycles. The van der Waals surface area contributed by atoms with E-state index in [4.69, 9.17) is 14.2 Å². The van der Waals surface area contributed by atoms with Crippen LogP contribution in [0.1, 0.15) is 0 Å². The molecule has 6 aliphatic heterocycles. The van der Waals surface area contributed by atoms with Crippen LogP contribution in [0.2, 0.25) is 0 Å². The van der Waals surface area contributed by atoms with Gasteiger partial charge in [0.25, 0.3) is 20.1 Å². The Bertz CT molecular complexity index is 4400. The van der Waals surface area contributed by atoms with Crippen LogP contribution in [0.3, 0.4) is 0 Å². The molecule has 6 nitrogen and oxygen atoms in total. The predicted octanol–water partition coefficient (Wildman–Crippen LogP) is 12.4.